The van der Waals surface area contributed by atoms with Crippen LogP contribution in [0.25, 0.3) is 0 Å². The fourth-order valence-corrected chi connectivity index (χ4v) is 2.71. The molecule has 2 atom stereocenters. The van der Waals surface area contributed by atoms with E-state index in [1.54, 1.807) is 0 Å². The van der Waals surface area contributed by atoms with Gasteiger partial charge in [-0.05, 0) is 25.2 Å². The van der Waals surface area contributed by atoms with Crippen LogP contribution in [0.3, 0.4) is 0 Å². The number of carbonyl (C=O) groups excluding carboxylic acids is 1. The van der Waals surface area contributed by atoms with Gasteiger partial charge in [0.1, 0.15) is 0 Å². The summed E-state index contributed by atoms with van der Waals surface area (Å²) in [5.41, 5.74) is 5.83. The maximum atomic E-state index is 12.0. The van der Waals surface area contributed by atoms with E-state index in [1.165, 1.54) is 6.42 Å². The molecule has 2 heterocycles. The Labute approximate surface area is 97.8 Å². The van der Waals surface area contributed by atoms with E-state index in [9.17, 15) is 4.79 Å². The Morgan fingerprint density at radius 1 is 1.31 bits per heavy atom. The quantitative estimate of drug-likeness (QED) is 0.734. The highest BCUT2D eigenvalue weighted by molar-refractivity contribution is 5.78. The van der Waals surface area contributed by atoms with E-state index in [4.69, 9.17) is 5.73 Å². The van der Waals surface area contributed by atoms with Crippen molar-refractivity contribution in [2.24, 2.45) is 11.7 Å². The molecule has 2 unspecified atom stereocenters. The van der Waals surface area contributed by atoms with Crippen LogP contribution in [0.15, 0.2) is 0 Å². The maximum Gasteiger partial charge on any atom is 0.236 e. The SMILES string of the molecule is CC1CCCN(C(=O)CN2CCC(N)C2)C1. The van der Waals surface area contributed by atoms with Crippen molar-refractivity contribution in [2.45, 2.75) is 32.2 Å². The normalized spacial score (nSPS) is 32.0. The molecule has 92 valence electrons. The number of nitrogens with two attached hydrogens (primary N) is 1. The third-order valence-corrected chi connectivity index (χ3v) is 3.68. The lowest BCUT2D eigenvalue weighted by molar-refractivity contribution is -0.133. The van der Waals surface area contributed by atoms with Crippen molar-refractivity contribution in [1.82, 2.24) is 9.80 Å². The van der Waals surface area contributed by atoms with Crippen LogP contribution in [0.4, 0.5) is 0 Å². The third-order valence-electron chi connectivity index (χ3n) is 3.68. The number of rotatable bonds is 2. The first-order valence-electron chi connectivity index (χ1n) is 6.41. The number of hydrogen-bond donors (Lipinski definition) is 1. The molecule has 0 aromatic carbocycles. The van der Waals surface area contributed by atoms with E-state index in [2.05, 4.69) is 11.8 Å². The number of nitrogens with zero attached hydrogens (tertiary/aromatic N) is 2. The van der Waals surface area contributed by atoms with Crippen LogP contribution in [0.2, 0.25) is 0 Å². The molecule has 2 N–H and O–H groups in total. The number of hydrogen-bond acceptors (Lipinski definition) is 3. The second-order valence-corrected chi connectivity index (χ2v) is 5.37. The van der Waals surface area contributed by atoms with E-state index < -0.39 is 0 Å². The minimum absolute atomic E-state index is 0.271. The highest BCUT2D eigenvalue weighted by atomic mass is 16.2. The molecule has 2 saturated heterocycles. The number of piperidine rings is 1. The van der Waals surface area contributed by atoms with Crippen LogP contribution in [0.5, 0.6) is 0 Å². The van der Waals surface area contributed by atoms with E-state index in [-0.39, 0.29) is 6.04 Å². The molecule has 16 heavy (non-hydrogen) atoms. The summed E-state index contributed by atoms with van der Waals surface area (Å²) < 4.78 is 0. The van der Waals surface area contributed by atoms with Crippen molar-refractivity contribution in [3.8, 4) is 0 Å². The summed E-state index contributed by atoms with van der Waals surface area (Å²) in [6.07, 6.45) is 3.45. The molecular formula is C12H23N3O. The van der Waals surface area contributed by atoms with Crippen molar-refractivity contribution in [3.63, 3.8) is 0 Å². The molecule has 2 aliphatic rings. The molecule has 2 rings (SSSR count). The Morgan fingerprint density at radius 2 is 2.12 bits per heavy atom. The fraction of sp³-hybridized carbons (Fsp3) is 0.917. The molecule has 0 saturated carbocycles. The molecule has 0 bridgehead atoms. The zero-order valence-corrected chi connectivity index (χ0v) is 10.2. The van der Waals surface area contributed by atoms with Crippen LogP contribution < -0.4 is 5.73 Å². The van der Waals surface area contributed by atoms with E-state index >= 15 is 0 Å². The molecule has 2 aliphatic heterocycles. The van der Waals surface area contributed by atoms with Gasteiger partial charge in [-0.3, -0.25) is 9.69 Å². The molecule has 0 aromatic rings. The topological polar surface area (TPSA) is 49.6 Å². The van der Waals surface area contributed by atoms with Crippen LogP contribution in [0, 0.1) is 5.92 Å². The summed E-state index contributed by atoms with van der Waals surface area (Å²) >= 11 is 0. The predicted molar refractivity (Wildman–Crippen MR) is 64.0 cm³/mol. The average Bonchev–Trinajstić information content (AvgIpc) is 2.64. The van der Waals surface area contributed by atoms with Gasteiger partial charge in [-0.25, -0.2) is 0 Å². The average molecular weight is 225 g/mol. The van der Waals surface area contributed by atoms with Crippen molar-refractivity contribution >= 4 is 5.91 Å². The van der Waals surface area contributed by atoms with Crippen LogP contribution in [-0.4, -0.2) is 54.5 Å². The van der Waals surface area contributed by atoms with Gasteiger partial charge in [-0.15, -0.1) is 0 Å². The summed E-state index contributed by atoms with van der Waals surface area (Å²) in [7, 11) is 0. The number of likely N-dealkylation sites (tertiary alicyclic amines) is 2. The Bertz CT molecular complexity index is 257. The standard InChI is InChI=1S/C12H23N3O/c1-10-3-2-5-15(7-10)12(16)9-14-6-4-11(13)8-14/h10-11H,2-9,13H2,1H3. The smallest absolute Gasteiger partial charge is 0.236 e. The molecule has 0 radical (unpaired) electrons. The highest BCUT2D eigenvalue weighted by Crippen LogP contribution is 2.16. The van der Waals surface area contributed by atoms with Crippen molar-refractivity contribution in [2.75, 3.05) is 32.7 Å². The third kappa shape index (κ3) is 2.95. The number of carbonyl (C=O) groups is 1. The van der Waals surface area contributed by atoms with E-state index in [0.29, 0.717) is 18.4 Å². The van der Waals surface area contributed by atoms with Gasteiger partial charge in [0.05, 0.1) is 6.54 Å². The monoisotopic (exact) mass is 225 g/mol. The lowest BCUT2D eigenvalue weighted by Crippen LogP contribution is -2.44. The first-order chi connectivity index (χ1) is 7.65. The minimum Gasteiger partial charge on any atom is -0.341 e. The Hall–Kier alpha value is -0.610. The lowest BCUT2D eigenvalue weighted by Gasteiger charge is -2.32. The van der Waals surface area contributed by atoms with E-state index in [0.717, 1.165) is 39.0 Å². The van der Waals surface area contributed by atoms with Crippen LogP contribution in [-0.2, 0) is 4.79 Å². The maximum absolute atomic E-state index is 12.0. The van der Waals surface area contributed by atoms with Gasteiger partial charge in [-0.1, -0.05) is 6.92 Å². The Balaban J connectivity index is 1.78. The van der Waals surface area contributed by atoms with Crippen molar-refractivity contribution in [3.05, 3.63) is 0 Å². The largest absolute Gasteiger partial charge is 0.341 e. The van der Waals surface area contributed by atoms with Gasteiger partial charge < -0.3 is 10.6 Å². The van der Waals surface area contributed by atoms with Crippen LogP contribution in [0.1, 0.15) is 26.2 Å². The van der Waals surface area contributed by atoms with Crippen molar-refractivity contribution < 1.29 is 4.79 Å². The Morgan fingerprint density at radius 3 is 2.75 bits per heavy atom. The summed E-state index contributed by atoms with van der Waals surface area (Å²) in [4.78, 5) is 16.3. The highest BCUT2D eigenvalue weighted by Gasteiger charge is 2.25. The van der Waals surface area contributed by atoms with Gasteiger partial charge in [0.2, 0.25) is 5.91 Å². The number of amides is 1. The summed E-state index contributed by atoms with van der Waals surface area (Å²) in [6.45, 7) is 6.55. The molecule has 1 amide bonds. The van der Waals surface area contributed by atoms with Gasteiger partial charge >= 0.3 is 0 Å². The predicted octanol–water partition coefficient (Wildman–Crippen LogP) is 0.278. The molecule has 0 aliphatic carbocycles. The molecule has 2 fully saturated rings. The lowest BCUT2D eigenvalue weighted by atomic mass is 10.0. The fourth-order valence-electron chi connectivity index (χ4n) is 2.71. The first-order valence-corrected chi connectivity index (χ1v) is 6.41. The minimum atomic E-state index is 0.271. The molecule has 0 spiro atoms. The second-order valence-electron chi connectivity index (χ2n) is 5.37. The zero-order valence-electron chi connectivity index (χ0n) is 10.2. The van der Waals surface area contributed by atoms with Gasteiger partial charge in [0.25, 0.3) is 0 Å². The van der Waals surface area contributed by atoms with Gasteiger partial charge in [-0.2, -0.15) is 0 Å². The molecule has 4 nitrogen and oxygen atoms in total. The molecular weight excluding hydrogens is 202 g/mol. The molecule has 4 heteroatoms. The molecule has 0 aromatic heterocycles. The van der Waals surface area contributed by atoms with Gasteiger partial charge in [0.15, 0.2) is 0 Å². The summed E-state index contributed by atoms with van der Waals surface area (Å²) in [6, 6.07) is 0.271. The Kier molecular flexibility index (Phi) is 3.82. The summed E-state index contributed by atoms with van der Waals surface area (Å²) in [5.74, 6) is 0.958. The van der Waals surface area contributed by atoms with E-state index in [1.807, 2.05) is 4.90 Å². The van der Waals surface area contributed by atoms with Crippen molar-refractivity contribution in [1.29, 1.82) is 0 Å². The second kappa shape index (κ2) is 5.15. The van der Waals surface area contributed by atoms with Crippen LogP contribution >= 0.6 is 0 Å². The summed E-state index contributed by atoms with van der Waals surface area (Å²) in [5, 5.41) is 0. The van der Waals surface area contributed by atoms with Gasteiger partial charge in [0, 0.05) is 32.2 Å². The zero-order chi connectivity index (χ0) is 11.5. The first kappa shape index (κ1) is 11.9.